The summed E-state index contributed by atoms with van der Waals surface area (Å²) in [6.45, 7) is 2.09. The zero-order chi connectivity index (χ0) is 11.6. The second kappa shape index (κ2) is 4.81. The number of aromatic nitrogens is 1. The third-order valence-corrected chi connectivity index (χ3v) is 5.59. The van der Waals surface area contributed by atoms with Crippen molar-refractivity contribution in [3.05, 3.63) is 16.6 Å². The molecule has 0 amide bonds. The second-order valence-corrected chi connectivity index (χ2v) is 7.44. The summed E-state index contributed by atoms with van der Waals surface area (Å²) in [5.41, 5.74) is 1.82. The molecule has 2 heterocycles. The fourth-order valence-electron chi connectivity index (χ4n) is 1.93. The minimum atomic E-state index is -2.76. The van der Waals surface area contributed by atoms with E-state index in [9.17, 15) is 8.42 Å². The van der Waals surface area contributed by atoms with Crippen LogP contribution in [0, 0.1) is 0 Å². The molecule has 1 aromatic heterocycles. The third kappa shape index (κ3) is 3.02. The maximum absolute atomic E-state index is 11.3. The van der Waals surface area contributed by atoms with Gasteiger partial charge in [0.15, 0.2) is 0 Å². The first-order chi connectivity index (χ1) is 7.57. The number of rotatable bonds is 3. The largest absolute Gasteiger partial charge is 0.307 e. The van der Waals surface area contributed by atoms with Crippen molar-refractivity contribution in [3.63, 3.8) is 0 Å². The van der Waals surface area contributed by atoms with Crippen LogP contribution in [0.3, 0.4) is 0 Å². The van der Waals surface area contributed by atoms with Crippen molar-refractivity contribution >= 4 is 21.2 Å². The molecule has 0 radical (unpaired) electrons. The molecule has 1 N–H and O–H groups in total. The lowest BCUT2D eigenvalue weighted by atomic mass is 10.1. The standard InChI is InChI=1S/C10H16N2O2S2/c1-8(10-6-11-7-15-10)12-9-2-4-16(13,14)5-3-9/h6-9,12H,2-5H2,1H3. The van der Waals surface area contributed by atoms with Crippen LogP contribution in [0.1, 0.15) is 30.7 Å². The first-order valence-electron chi connectivity index (χ1n) is 5.42. The van der Waals surface area contributed by atoms with Gasteiger partial charge >= 0.3 is 0 Å². The topological polar surface area (TPSA) is 59.1 Å². The monoisotopic (exact) mass is 260 g/mol. The smallest absolute Gasteiger partial charge is 0.150 e. The highest BCUT2D eigenvalue weighted by Crippen LogP contribution is 2.20. The summed E-state index contributed by atoms with van der Waals surface area (Å²) in [7, 11) is -2.76. The van der Waals surface area contributed by atoms with Gasteiger partial charge in [-0.3, -0.25) is 4.98 Å². The molecule has 2 rings (SSSR count). The Morgan fingerprint density at radius 1 is 1.50 bits per heavy atom. The summed E-state index contributed by atoms with van der Waals surface area (Å²) in [4.78, 5) is 5.24. The van der Waals surface area contributed by atoms with Crippen LogP contribution in [0.2, 0.25) is 0 Å². The molecule has 1 aromatic rings. The Balaban J connectivity index is 1.87. The molecule has 0 spiro atoms. The zero-order valence-corrected chi connectivity index (χ0v) is 10.9. The normalized spacial score (nSPS) is 23.1. The Kier molecular flexibility index (Phi) is 3.61. The van der Waals surface area contributed by atoms with Crippen LogP contribution in [-0.4, -0.2) is 30.9 Å². The van der Waals surface area contributed by atoms with Gasteiger partial charge in [-0.25, -0.2) is 8.42 Å². The van der Waals surface area contributed by atoms with Gasteiger partial charge in [0, 0.05) is 23.2 Å². The zero-order valence-electron chi connectivity index (χ0n) is 9.22. The molecule has 1 atom stereocenters. The number of thiazole rings is 1. The Morgan fingerprint density at radius 3 is 2.75 bits per heavy atom. The molecule has 4 nitrogen and oxygen atoms in total. The molecule has 0 aromatic carbocycles. The van der Waals surface area contributed by atoms with Gasteiger partial charge in [-0.1, -0.05) is 0 Å². The van der Waals surface area contributed by atoms with Crippen LogP contribution in [0.4, 0.5) is 0 Å². The van der Waals surface area contributed by atoms with Crippen molar-refractivity contribution in [2.45, 2.75) is 31.8 Å². The van der Waals surface area contributed by atoms with Crippen molar-refractivity contribution in [1.82, 2.24) is 10.3 Å². The van der Waals surface area contributed by atoms with E-state index in [1.54, 1.807) is 11.3 Å². The van der Waals surface area contributed by atoms with Gasteiger partial charge in [0.2, 0.25) is 0 Å². The van der Waals surface area contributed by atoms with E-state index in [2.05, 4.69) is 17.2 Å². The predicted octanol–water partition coefficient (Wildman–Crippen LogP) is 1.37. The van der Waals surface area contributed by atoms with Crippen molar-refractivity contribution in [2.75, 3.05) is 11.5 Å². The van der Waals surface area contributed by atoms with Crippen LogP contribution in [-0.2, 0) is 9.84 Å². The lowest BCUT2D eigenvalue weighted by Gasteiger charge is -2.26. The summed E-state index contributed by atoms with van der Waals surface area (Å²) < 4.78 is 22.5. The second-order valence-electron chi connectivity index (χ2n) is 4.22. The maximum Gasteiger partial charge on any atom is 0.150 e. The lowest BCUT2D eigenvalue weighted by Crippen LogP contribution is -2.38. The summed E-state index contributed by atoms with van der Waals surface area (Å²) in [6.07, 6.45) is 3.32. The van der Waals surface area contributed by atoms with E-state index in [-0.39, 0.29) is 6.04 Å². The summed E-state index contributed by atoms with van der Waals surface area (Å²) in [6, 6.07) is 0.582. The predicted molar refractivity (Wildman–Crippen MR) is 65.3 cm³/mol. The summed E-state index contributed by atoms with van der Waals surface area (Å²) in [5.74, 6) is 0.639. The fraction of sp³-hybridized carbons (Fsp3) is 0.700. The molecule has 0 aliphatic carbocycles. The van der Waals surface area contributed by atoms with E-state index >= 15 is 0 Å². The van der Waals surface area contributed by atoms with Gasteiger partial charge in [-0.2, -0.15) is 0 Å². The Morgan fingerprint density at radius 2 is 2.19 bits per heavy atom. The average molecular weight is 260 g/mol. The van der Waals surface area contributed by atoms with E-state index in [4.69, 9.17) is 0 Å². The average Bonchev–Trinajstić information content (AvgIpc) is 2.74. The lowest BCUT2D eigenvalue weighted by molar-refractivity contribution is 0.423. The third-order valence-electron chi connectivity index (χ3n) is 2.92. The molecule has 1 fully saturated rings. The molecule has 90 valence electrons. The SMILES string of the molecule is CC(NC1CCS(=O)(=O)CC1)c1cncs1. The number of nitrogens with one attached hydrogen (secondary N) is 1. The fourth-order valence-corrected chi connectivity index (χ4v) is 4.06. The highest BCUT2D eigenvalue weighted by Gasteiger charge is 2.24. The maximum atomic E-state index is 11.3. The highest BCUT2D eigenvalue weighted by molar-refractivity contribution is 7.91. The molecular weight excluding hydrogens is 244 g/mol. The minimum Gasteiger partial charge on any atom is -0.307 e. The van der Waals surface area contributed by atoms with E-state index in [1.165, 1.54) is 4.88 Å². The number of nitrogens with zero attached hydrogens (tertiary/aromatic N) is 1. The molecule has 1 aliphatic heterocycles. The van der Waals surface area contributed by atoms with E-state index in [0.29, 0.717) is 17.5 Å². The molecular formula is C10H16N2O2S2. The number of hydrogen-bond acceptors (Lipinski definition) is 5. The van der Waals surface area contributed by atoms with Crippen LogP contribution in [0.5, 0.6) is 0 Å². The molecule has 6 heteroatoms. The quantitative estimate of drug-likeness (QED) is 0.892. The Labute approximate surface area is 100 Å². The van der Waals surface area contributed by atoms with E-state index < -0.39 is 9.84 Å². The Hall–Kier alpha value is -0.460. The van der Waals surface area contributed by atoms with E-state index in [0.717, 1.165) is 12.8 Å². The molecule has 0 bridgehead atoms. The first-order valence-corrected chi connectivity index (χ1v) is 8.12. The van der Waals surface area contributed by atoms with Gasteiger partial charge in [0.25, 0.3) is 0 Å². The summed E-state index contributed by atoms with van der Waals surface area (Å²) in [5, 5.41) is 3.46. The molecule has 16 heavy (non-hydrogen) atoms. The molecule has 1 saturated heterocycles. The van der Waals surface area contributed by atoms with Crippen molar-refractivity contribution in [1.29, 1.82) is 0 Å². The number of hydrogen-bond donors (Lipinski definition) is 1. The van der Waals surface area contributed by atoms with Crippen molar-refractivity contribution in [3.8, 4) is 0 Å². The Bertz CT molecular complexity index is 414. The number of sulfone groups is 1. The van der Waals surface area contributed by atoms with Crippen molar-refractivity contribution < 1.29 is 8.42 Å². The van der Waals surface area contributed by atoms with E-state index in [1.807, 2.05) is 11.7 Å². The van der Waals surface area contributed by atoms with Crippen LogP contribution < -0.4 is 5.32 Å². The van der Waals surface area contributed by atoms with Crippen LogP contribution in [0.25, 0.3) is 0 Å². The van der Waals surface area contributed by atoms with Gasteiger partial charge in [-0.05, 0) is 19.8 Å². The van der Waals surface area contributed by atoms with Crippen molar-refractivity contribution in [2.24, 2.45) is 0 Å². The molecule has 0 saturated carbocycles. The van der Waals surface area contributed by atoms with Gasteiger partial charge in [-0.15, -0.1) is 11.3 Å². The first kappa shape index (κ1) is 12.0. The molecule has 1 unspecified atom stereocenters. The van der Waals surface area contributed by atoms with Crippen LogP contribution in [0.15, 0.2) is 11.7 Å². The summed E-state index contributed by atoms with van der Waals surface area (Å²) >= 11 is 1.63. The van der Waals surface area contributed by atoms with Gasteiger partial charge in [0.1, 0.15) is 9.84 Å². The van der Waals surface area contributed by atoms with Gasteiger partial charge < -0.3 is 5.32 Å². The molecule has 1 aliphatic rings. The van der Waals surface area contributed by atoms with Crippen LogP contribution >= 0.6 is 11.3 Å². The van der Waals surface area contributed by atoms with Gasteiger partial charge in [0.05, 0.1) is 17.0 Å². The highest BCUT2D eigenvalue weighted by atomic mass is 32.2. The minimum absolute atomic E-state index is 0.262.